The summed E-state index contributed by atoms with van der Waals surface area (Å²) in [6.45, 7) is 9.58. The van der Waals surface area contributed by atoms with Crippen molar-refractivity contribution in [1.29, 1.82) is 0 Å². The van der Waals surface area contributed by atoms with Crippen LogP contribution >= 0.6 is 0 Å². The summed E-state index contributed by atoms with van der Waals surface area (Å²) in [4.78, 5) is 18.4. The average molecular weight is 314 g/mol. The lowest BCUT2D eigenvalue weighted by Crippen LogP contribution is -2.25. The second kappa shape index (κ2) is 7.60. The number of aromatic nitrogens is 2. The van der Waals surface area contributed by atoms with Gasteiger partial charge in [0.05, 0.1) is 24.9 Å². The second-order valence-electron chi connectivity index (χ2n) is 5.22. The quantitative estimate of drug-likeness (QED) is 0.594. The van der Waals surface area contributed by atoms with E-state index in [0.717, 1.165) is 11.3 Å². The molecule has 0 fully saturated rings. The fourth-order valence-corrected chi connectivity index (χ4v) is 2.46. The van der Waals surface area contributed by atoms with Gasteiger partial charge in [-0.3, -0.25) is 9.69 Å². The number of hydrogen-bond acceptors (Lipinski definition) is 5. The van der Waals surface area contributed by atoms with Gasteiger partial charge in [0.15, 0.2) is 0 Å². The van der Waals surface area contributed by atoms with Gasteiger partial charge in [-0.1, -0.05) is 12.2 Å². The van der Waals surface area contributed by atoms with E-state index in [9.17, 15) is 4.79 Å². The van der Waals surface area contributed by atoms with Gasteiger partial charge in [0.25, 0.3) is 0 Å². The van der Waals surface area contributed by atoms with Crippen molar-refractivity contribution in [2.24, 2.45) is 0 Å². The van der Waals surface area contributed by atoms with Crippen molar-refractivity contribution in [3.05, 3.63) is 55.0 Å². The Hall–Kier alpha value is -2.60. The van der Waals surface area contributed by atoms with Gasteiger partial charge >= 0.3 is 5.97 Å². The Balaban J connectivity index is 2.45. The number of imidazole rings is 1. The Labute approximate surface area is 135 Å². The molecule has 0 saturated heterocycles. The highest BCUT2D eigenvalue weighted by Gasteiger charge is 2.17. The molecule has 2 heterocycles. The van der Waals surface area contributed by atoms with Gasteiger partial charge in [0.1, 0.15) is 5.65 Å². The van der Waals surface area contributed by atoms with Crippen LogP contribution in [0, 0.1) is 0 Å². The van der Waals surface area contributed by atoms with Gasteiger partial charge in [-0.05, 0) is 12.1 Å². The lowest BCUT2D eigenvalue weighted by Gasteiger charge is -2.19. The van der Waals surface area contributed by atoms with Crippen molar-refractivity contribution in [3.63, 3.8) is 0 Å². The maximum absolute atomic E-state index is 11.7. The largest absolute Gasteiger partial charge is 0.469 e. The Bertz CT molecular complexity index is 711. The molecule has 0 aliphatic rings. The van der Waals surface area contributed by atoms with E-state index in [2.05, 4.69) is 23.0 Å². The first-order chi connectivity index (χ1) is 11.1. The SMILES string of the molecule is C=CCN(CC=C)Cc1c(CC(=O)OC)nc2ccc(N)cn12. The van der Waals surface area contributed by atoms with E-state index in [1.54, 1.807) is 6.07 Å². The summed E-state index contributed by atoms with van der Waals surface area (Å²) in [6.07, 6.45) is 5.62. The minimum atomic E-state index is -0.318. The smallest absolute Gasteiger partial charge is 0.311 e. The number of esters is 1. The van der Waals surface area contributed by atoms with Crippen LogP contribution < -0.4 is 5.73 Å². The Morgan fingerprint density at radius 1 is 1.39 bits per heavy atom. The maximum Gasteiger partial charge on any atom is 0.311 e. The third-order valence-corrected chi connectivity index (χ3v) is 3.51. The van der Waals surface area contributed by atoms with Gasteiger partial charge in [-0.2, -0.15) is 0 Å². The van der Waals surface area contributed by atoms with Crippen molar-refractivity contribution in [2.75, 3.05) is 25.9 Å². The third-order valence-electron chi connectivity index (χ3n) is 3.51. The number of hydrogen-bond donors (Lipinski definition) is 1. The van der Waals surface area contributed by atoms with E-state index in [4.69, 9.17) is 10.5 Å². The lowest BCUT2D eigenvalue weighted by atomic mass is 10.2. The van der Waals surface area contributed by atoms with E-state index < -0.39 is 0 Å². The maximum atomic E-state index is 11.7. The molecule has 2 N–H and O–H groups in total. The molecular weight excluding hydrogens is 292 g/mol. The summed E-state index contributed by atoms with van der Waals surface area (Å²) in [5, 5.41) is 0. The minimum absolute atomic E-state index is 0.128. The molecule has 0 radical (unpaired) electrons. The van der Waals surface area contributed by atoms with Gasteiger partial charge in [0, 0.05) is 31.5 Å². The highest BCUT2D eigenvalue weighted by atomic mass is 16.5. The molecule has 2 aromatic rings. The average Bonchev–Trinajstić information content (AvgIpc) is 2.85. The number of nitrogens with zero attached hydrogens (tertiary/aromatic N) is 3. The summed E-state index contributed by atoms with van der Waals surface area (Å²) in [7, 11) is 1.37. The van der Waals surface area contributed by atoms with Crippen LogP contribution in [0.1, 0.15) is 11.4 Å². The molecule has 0 aliphatic carbocycles. The zero-order valence-corrected chi connectivity index (χ0v) is 13.4. The van der Waals surface area contributed by atoms with Crippen LogP contribution in [0.4, 0.5) is 5.69 Å². The monoisotopic (exact) mass is 314 g/mol. The first kappa shape index (κ1) is 16.8. The molecule has 0 bridgehead atoms. The van der Waals surface area contributed by atoms with Crippen LogP contribution in [0.3, 0.4) is 0 Å². The number of carbonyl (C=O) groups excluding carboxylic acids is 1. The molecule has 0 saturated carbocycles. The van der Waals surface area contributed by atoms with Gasteiger partial charge < -0.3 is 14.9 Å². The number of methoxy groups -OCH3 is 1. The Kier molecular flexibility index (Phi) is 5.54. The first-order valence-electron chi connectivity index (χ1n) is 7.35. The molecule has 0 atom stereocenters. The molecule has 2 aromatic heterocycles. The first-order valence-corrected chi connectivity index (χ1v) is 7.35. The number of rotatable bonds is 8. The highest BCUT2D eigenvalue weighted by Crippen LogP contribution is 2.18. The number of carbonyl (C=O) groups is 1. The molecule has 0 aromatic carbocycles. The normalized spacial score (nSPS) is 10.9. The predicted molar refractivity (Wildman–Crippen MR) is 91.0 cm³/mol. The molecule has 0 aliphatic heterocycles. The summed E-state index contributed by atoms with van der Waals surface area (Å²) in [5.74, 6) is -0.318. The van der Waals surface area contributed by atoms with Crippen molar-refractivity contribution >= 4 is 17.3 Å². The summed E-state index contributed by atoms with van der Waals surface area (Å²) < 4.78 is 6.69. The molecule has 2 rings (SSSR count). The zero-order valence-electron chi connectivity index (χ0n) is 13.4. The lowest BCUT2D eigenvalue weighted by molar-refractivity contribution is -0.139. The number of fused-ring (bicyclic) bond motifs is 1. The minimum Gasteiger partial charge on any atom is -0.469 e. The van der Waals surface area contributed by atoms with Crippen LogP contribution in [-0.2, 0) is 22.5 Å². The molecule has 23 heavy (non-hydrogen) atoms. The molecular formula is C17H22N4O2. The molecule has 122 valence electrons. The standard InChI is InChI=1S/C17H22N4O2/c1-4-8-20(9-5-2)12-15-14(10-17(22)23-3)19-16-7-6-13(18)11-21(15)16/h4-7,11H,1-2,8-10,12,18H2,3H3. The Morgan fingerprint density at radius 2 is 2.09 bits per heavy atom. The van der Waals surface area contributed by atoms with Crippen LogP contribution in [0.5, 0.6) is 0 Å². The van der Waals surface area contributed by atoms with Crippen molar-refractivity contribution in [1.82, 2.24) is 14.3 Å². The van der Waals surface area contributed by atoms with E-state index in [0.29, 0.717) is 31.0 Å². The highest BCUT2D eigenvalue weighted by molar-refractivity contribution is 5.72. The number of nitrogen functional groups attached to an aromatic ring is 1. The molecule has 0 unspecified atom stereocenters. The number of nitrogens with two attached hydrogens (primary N) is 1. The molecule has 6 nitrogen and oxygen atoms in total. The van der Waals surface area contributed by atoms with Gasteiger partial charge in [-0.15, -0.1) is 13.2 Å². The summed E-state index contributed by atoms with van der Waals surface area (Å²) >= 11 is 0. The third kappa shape index (κ3) is 3.98. The van der Waals surface area contributed by atoms with Gasteiger partial charge in [0.2, 0.25) is 0 Å². The number of ether oxygens (including phenoxy) is 1. The van der Waals surface area contributed by atoms with E-state index in [1.165, 1.54) is 7.11 Å². The second-order valence-corrected chi connectivity index (χ2v) is 5.22. The number of anilines is 1. The van der Waals surface area contributed by atoms with Crippen molar-refractivity contribution < 1.29 is 9.53 Å². The summed E-state index contributed by atoms with van der Waals surface area (Å²) in [5.41, 5.74) is 8.90. The van der Waals surface area contributed by atoms with Crippen LogP contribution in [0.25, 0.3) is 5.65 Å². The van der Waals surface area contributed by atoms with E-state index in [1.807, 2.05) is 28.8 Å². The molecule has 6 heteroatoms. The van der Waals surface area contributed by atoms with Crippen molar-refractivity contribution in [3.8, 4) is 0 Å². The van der Waals surface area contributed by atoms with E-state index in [-0.39, 0.29) is 12.4 Å². The van der Waals surface area contributed by atoms with Crippen LogP contribution in [0.2, 0.25) is 0 Å². The topological polar surface area (TPSA) is 72.9 Å². The molecule has 0 spiro atoms. The molecule has 0 amide bonds. The van der Waals surface area contributed by atoms with Gasteiger partial charge in [-0.25, -0.2) is 4.98 Å². The van der Waals surface area contributed by atoms with E-state index >= 15 is 0 Å². The van der Waals surface area contributed by atoms with Crippen LogP contribution in [0.15, 0.2) is 43.6 Å². The zero-order chi connectivity index (χ0) is 16.8. The Morgan fingerprint density at radius 3 is 2.70 bits per heavy atom. The van der Waals surface area contributed by atoms with Crippen LogP contribution in [-0.4, -0.2) is 40.5 Å². The van der Waals surface area contributed by atoms with Crippen molar-refractivity contribution in [2.45, 2.75) is 13.0 Å². The summed E-state index contributed by atoms with van der Waals surface area (Å²) in [6, 6.07) is 3.63. The number of pyridine rings is 1. The fourth-order valence-electron chi connectivity index (χ4n) is 2.46. The fraction of sp³-hybridized carbons (Fsp3) is 0.294. The predicted octanol–water partition coefficient (Wildman–Crippen LogP) is 1.81.